The molecule has 10 aromatic carbocycles. The lowest BCUT2D eigenvalue weighted by molar-refractivity contribution is -0.686. The molecule has 1 nitrogen and oxygen atoms in total. The molecule has 0 atom stereocenters. The van der Waals surface area contributed by atoms with Crippen LogP contribution in [0.5, 0.6) is 0 Å². The van der Waals surface area contributed by atoms with E-state index in [0.717, 1.165) is 6.54 Å². The Bertz CT molecular complexity index is 3900. The predicted octanol–water partition coefficient (Wildman–Crippen LogP) is 13.6. The van der Waals surface area contributed by atoms with E-state index in [4.69, 9.17) is 0 Å². The van der Waals surface area contributed by atoms with E-state index in [-0.39, 0.29) is 0 Å². The van der Waals surface area contributed by atoms with E-state index in [1.54, 1.807) is 0 Å². The monoisotopic (exact) mass is 1100 g/mol. The second kappa shape index (κ2) is 19.4. The first kappa shape index (κ1) is 52.7. The minimum atomic E-state index is -7.22. The number of hydrogen-bond acceptors (Lipinski definition) is 0. The second-order valence-electron chi connectivity index (χ2n) is 17.7. The molecule has 0 N–H and O–H groups in total. The van der Waals surface area contributed by atoms with Gasteiger partial charge in [-0.2, -0.15) is 0 Å². The van der Waals surface area contributed by atoms with Gasteiger partial charge >= 0.3 is 0 Å². The molecular formula is C56H22BF20N. The highest BCUT2D eigenvalue weighted by atomic mass is 19.2. The molecule has 0 bridgehead atoms. The molecule has 22 heteroatoms. The van der Waals surface area contributed by atoms with Crippen molar-refractivity contribution < 1.29 is 92.4 Å². The van der Waals surface area contributed by atoms with Crippen LogP contribution >= 0.6 is 0 Å². The number of aromatic nitrogens is 1. The Labute approximate surface area is 423 Å². The third-order valence-corrected chi connectivity index (χ3v) is 13.6. The van der Waals surface area contributed by atoms with E-state index >= 15 is 35.1 Å². The maximum absolute atomic E-state index is 15.4. The normalized spacial score (nSPS) is 11.9. The average Bonchev–Trinajstić information content (AvgIpc) is 3.62. The Morgan fingerprint density at radius 2 is 0.500 bits per heavy atom. The molecule has 11 aromatic rings. The van der Waals surface area contributed by atoms with Gasteiger partial charge in [-0.3, -0.25) is 0 Å². The third-order valence-electron chi connectivity index (χ3n) is 13.6. The van der Waals surface area contributed by atoms with E-state index in [0.29, 0.717) is 0 Å². The molecule has 0 saturated heterocycles. The fourth-order valence-corrected chi connectivity index (χ4v) is 10.1. The summed E-state index contributed by atoms with van der Waals surface area (Å²) in [5, 5.41) is 12.9. The van der Waals surface area contributed by atoms with Crippen LogP contribution in [0.3, 0.4) is 0 Å². The van der Waals surface area contributed by atoms with Crippen LogP contribution in [0.2, 0.25) is 0 Å². The number of rotatable bonds is 6. The molecule has 0 amide bonds. The van der Waals surface area contributed by atoms with Crippen LogP contribution in [0, 0.1) is 116 Å². The highest BCUT2D eigenvalue weighted by molar-refractivity contribution is 7.20. The van der Waals surface area contributed by atoms with Gasteiger partial charge < -0.3 is 0 Å². The molecule has 0 fully saturated rings. The van der Waals surface area contributed by atoms with Crippen LogP contribution < -0.4 is 26.4 Å². The summed E-state index contributed by atoms with van der Waals surface area (Å²) in [4.78, 5) is 0. The van der Waals surface area contributed by atoms with Crippen LogP contribution in [0.15, 0.2) is 122 Å². The van der Waals surface area contributed by atoms with Gasteiger partial charge in [0.2, 0.25) is 0 Å². The minimum Gasteiger partial charge on any atom is -0.207 e. The van der Waals surface area contributed by atoms with Gasteiger partial charge in [0.15, 0.2) is 88.7 Å². The topological polar surface area (TPSA) is 3.88 Å². The highest BCUT2D eigenvalue weighted by Crippen LogP contribution is 2.35. The Hall–Kier alpha value is -8.69. The van der Waals surface area contributed by atoms with Gasteiger partial charge in [0, 0.05) is 17.0 Å². The van der Waals surface area contributed by atoms with Crippen molar-refractivity contribution in [2.24, 2.45) is 0 Å². The molecule has 11 rings (SSSR count). The maximum atomic E-state index is 15.4. The lowest BCUT2D eigenvalue weighted by atomic mass is 9.12. The van der Waals surface area contributed by atoms with Crippen molar-refractivity contribution in [1.29, 1.82) is 0 Å². The maximum Gasteiger partial charge on any atom is 0.200 e. The Morgan fingerprint density at radius 1 is 0.256 bits per heavy atom. The smallest absolute Gasteiger partial charge is 0.200 e. The van der Waals surface area contributed by atoms with Gasteiger partial charge in [-0.1, -0.05) is 66.7 Å². The fraction of sp³-hybridized carbons (Fsp3) is 0.0179. The van der Waals surface area contributed by atoms with E-state index < -0.39 is 144 Å². The van der Waals surface area contributed by atoms with Crippen molar-refractivity contribution in [2.75, 3.05) is 0 Å². The molecule has 0 aliphatic rings. The fourth-order valence-electron chi connectivity index (χ4n) is 10.1. The zero-order valence-corrected chi connectivity index (χ0v) is 38.3. The summed E-state index contributed by atoms with van der Waals surface area (Å²) in [6, 6.07) is 39.9. The summed E-state index contributed by atoms with van der Waals surface area (Å²) >= 11 is 0. The molecule has 0 radical (unpaired) electrons. The zero-order chi connectivity index (χ0) is 56.1. The minimum absolute atomic E-state index is 0.829. The molecule has 1 aromatic heterocycles. The molecule has 1 heterocycles. The first-order valence-electron chi connectivity index (χ1n) is 22.4. The average molecular weight is 1100 g/mol. The molecule has 0 aliphatic carbocycles. The van der Waals surface area contributed by atoms with Gasteiger partial charge in [0.05, 0.1) is 0 Å². The molecule has 0 spiro atoms. The Kier molecular flexibility index (Phi) is 13.1. The summed E-state index contributed by atoms with van der Waals surface area (Å²) in [5.41, 5.74) is -13.0. The molecule has 0 unspecified atom stereocenters. The SMILES string of the molecule is Fc1c(F)c(F)c([B-](c2c(F)c(F)c(F)c(F)c2F)(c2c(F)c(F)c(F)c(F)c2F)c2c(F)c(F)c(F)c(F)c2F)c(F)c1F.c1ccc2c[n+](Cc3c4cc5ccccc5cc4cc4cc5ccccc5cc34)ccc2c1. The van der Waals surface area contributed by atoms with E-state index in [2.05, 4.69) is 126 Å². The van der Waals surface area contributed by atoms with Crippen LogP contribution in [-0.2, 0) is 6.54 Å². The van der Waals surface area contributed by atoms with Gasteiger partial charge in [0.25, 0.3) is 0 Å². The lowest BCUT2D eigenvalue weighted by Gasteiger charge is -2.44. The van der Waals surface area contributed by atoms with Crippen LogP contribution in [-0.4, -0.2) is 6.15 Å². The highest BCUT2D eigenvalue weighted by Gasteiger charge is 2.52. The van der Waals surface area contributed by atoms with Crippen LogP contribution in [0.1, 0.15) is 5.56 Å². The summed E-state index contributed by atoms with van der Waals surface area (Å²) < 4.78 is 296. The van der Waals surface area contributed by atoms with Crippen LogP contribution in [0.25, 0.3) is 53.9 Å². The molecule has 0 aliphatic heterocycles. The quantitative estimate of drug-likeness (QED) is 0.0390. The van der Waals surface area contributed by atoms with Crippen molar-refractivity contribution >= 4 is 81.9 Å². The lowest BCUT2D eigenvalue weighted by Crippen LogP contribution is -2.81. The number of halogens is 20. The van der Waals surface area contributed by atoms with Gasteiger partial charge in [-0.25, -0.2) is 92.4 Å². The number of pyridine rings is 1. The Morgan fingerprint density at radius 3 is 0.808 bits per heavy atom. The molecule has 394 valence electrons. The first-order chi connectivity index (χ1) is 37.0. The number of benzene rings is 10. The van der Waals surface area contributed by atoms with E-state index in [1.165, 1.54) is 59.4 Å². The summed E-state index contributed by atoms with van der Waals surface area (Å²) in [6.45, 7) is 0.829. The largest absolute Gasteiger partial charge is 0.207 e. The van der Waals surface area contributed by atoms with Crippen molar-refractivity contribution in [3.8, 4) is 0 Å². The third kappa shape index (κ3) is 7.92. The van der Waals surface area contributed by atoms with Crippen LogP contribution in [0.4, 0.5) is 87.8 Å². The summed E-state index contributed by atoms with van der Waals surface area (Å²) in [7, 11) is 0. The number of nitrogens with zero attached hydrogens (tertiary/aromatic N) is 1. The standard InChI is InChI=1S/C32H22N.C24BF20/c1-6-12-27-20-33(14-13-22(27)7-1)21-32-30-18-25-10-4-2-8-23(25)15-28(30)17-29-16-24-9-3-5-11-26(24)19-31(29)32;26-5-1(6(27)14(35)21(42)13(5)34)25(2-7(28)15(36)22(43)16(37)8(2)29,3-9(30)17(38)23(44)18(39)10(3)31)4-11(32)19(40)24(45)20(41)12(4)33/h1-20H,21H2;/q+1;-1. The van der Waals surface area contributed by atoms with Gasteiger partial charge in [-0.15, -0.1) is 21.9 Å². The van der Waals surface area contributed by atoms with Crippen molar-refractivity contribution in [1.82, 2.24) is 0 Å². The number of hydrogen-bond donors (Lipinski definition) is 0. The van der Waals surface area contributed by atoms with E-state index in [9.17, 15) is 52.7 Å². The summed E-state index contributed by atoms with van der Waals surface area (Å²) in [5.74, 6) is -71.4. The van der Waals surface area contributed by atoms with Gasteiger partial charge in [0.1, 0.15) is 52.7 Å². The second-order valence-corrected chi connectivity index (χ2v) is 17.7. The Balaban J connectivity index is 0.000000184. The van der Waals surface area contributed by atoms with Gasteiger partial charge in [-0.05, 0) is 84.9 Å². The van der Waals surface area contributed by atoms with Crippen molar-refractivity contribution in [3.05, 3.63) is 243 Å². The first-order valence-corrected chi connectivity index (χ1v) is 22.4. The van der Waals surface area contributed by atoms with Crippen molar-refractivity contribution in [2.45, 2.75) is 6.54 Å². The van der Waals surface area contributed by atoms with Crippen molar-refractivity contribution in [3.63, 3.8) is 0 Å². The molecular weight excluding hydrogens is 1080 g/mol. The molecule has 0 saturated carbocycles. The summed E-state index contributed by atoms with van der Waals surface area (Å²) in [6.07, 6.45) is -2.75. The molecule has 78 heavy (non-hydrogen) atoms. The predicted molar refractivity (Wildman–Crippen MR) is 249 cm³/mol. The number of fused-ring (bicyclic) bond motifs is 5. The van der Waals surface area contributed by atoms with E-state index in [1.807, 2.05) is 0 Å². The zero-order valence-electron chi connectivity index (χ0n) is 38.3.